The predicted octanol–water partition coefficient (Wildman–Crippen LogP) is 4.39. The molecule has 0 saturated carbocycles. The maximum Gasteiger partial charge on any atom is 0.311 e. The summed E-state index contributed by atoms with van der Waals surface area (Å²) in [6.07, 6.45) is 2.05. The van der Waals surface area contributed by atoms with Crippen molar-refractivity contribution < 1.29 is 23.7 Å². The Labute approximate surface area is 154 Å². The van der Waals surface area contributed by atoms with Gasteiger partial charge in [0.15, 0.2) is 11.5 Å². The topological polar surface area (TPSA) is 66.0 Å². The molecule has 0 spiro atoms. The minimum absolute atomic E-state index is 0.312. The van der Waals surface area contributed by atoms with E-state index in [0.717, 1.165) is 29.4 Å². The normalized spacial score (nSPS) is 10.5. The summed E-state index contributed by atoms with van der Waals surface area (Å²) in [5, 5.41) is 4.86. The fourth-order valence-corrected chi connectivity index (χ4v) is 2.80. The van der Waals surface area contributed by atoms with Crippen molar-refractivity contribution in [1.29, 1.82) is 0 Å². The van der Waals surface area contributed by atoms with Crippen molar-refractivity contribution in [2.24, 2.45) is 0 Å². The minimum atomic E-state index is -0.312. The fraction of sp³-hybridized carbons (Fsp3) is 0.450. The number of carbonyl (C=O) groups is 1. The number of hydrogen-bond acceptors (Lipinski definition) is 6. The van der Waals surface area contributed by atoms with E-state index >= 15 is 0 Å². The summed E-state index contributed by atoms with van der Waals surface area (Å²) < 4.78 is 22.2. The Kier molecular flexibility index (Phi) is 6.95. The third-order valence-corrected chi connectivity index (χ3v) is 3.99. The first-order chi connectivity index (χ1) is 12.6. The van der Waals surface area contributed by atoms with Gasteiger partial charge >= 0.3 is 5.97 Å². The number of methoxy groups -OCH3 is 3. The van der Waals surface area contributed by atoms with E-state index in [-0.39, 0.29) is 5.97 Å². The average molecular weight is 361 g/mol. The molecule has 0 aromatic heterocycles. The highest BCUT2D eigenvalue weighted by Gasteiger charge is 2.25. The maximum atomic E-state index is 12.1. The van der Waals surface area contributed by atoms with Crippen molar-refractivity contribution in [3.05, 3.63) is 18.2 Å². The summed E-state index contributed by atoms with van der Waals surface area (Å²) in [7, 11) is 4.62. The van der Waals surface area contributed by atoms with Crippen molar-refractivity contribution in [3.8, 4) is 23.0 Å². The van der Waals surface area contributed by atoms with Crippen molar-refractivity contribution >= 4 is 22.4 Å². The lowest BCUT2D eigenvalue weighted by Crippen LogP contribution is -2.09. The van der Waals surface area contributed by atoms with Crippen molar-refractivity contribution in [1.82, 2.24) is 0 Å². The Hall–Kier alpha value is -2.63. The van der Waals surface area contributed by atoms with E-state index in [1.165, 1.54) is 14.2 Å². The maximum absolute atomic E-state index is 12.1. The SMILES string of the molecule is CCCNc1ccc2c(OC(=O)CCC)c(OC)c(OC)c(OC)c2c1. The minimum Gasteiger partial charge on any atom is -0.492 e. The van der Waals surface area contributed by atoms with E-state index in [2.05, 4.69) is 12.2 Å². The zero-order chi connectivity index (χ0) is 19.1. The number of carbonyl (C=O) groups excluding carboxylic acids is 1. The zero-order valence-corrected chi connectivity index (χ0v) is 16.1. The largest absolute Gasteiger partial charge is 0.492 e. The highest BCUT2D eigenvalue weighted by Crippen LogP contribution is 2.51. The van der Waals surface area contributed by atoms with Crippen LogP contribution in [0.3, 0.4) is 0 Å². The van der Waals surface area contributed by atoms with Gasteiger partial charge in [-0.1, -0.05) is 13.8 Å². The summed E-state index contributed by atoms with van der Waals surface area (Å²) in [4.78, 5) is 12.1. The van der Waals surface area contributed by atoms with Crippen LogP contribution in [0.5, 0.6) is 23.0 Å². The molecule has 6 nitrogen and oxygen atoms in total. The first kappa shape index (κ1) is 19.7. The van der Waals surface area contributed by atoms with E-state index < -0.39 is 0 Å². The zero-order valence-electron chi connectivity index (χ0n) is 16.1. The molecule has 0 heterocycles. The molecule has 2 aromatic rings. The van der Waals surface area contributed by atoms with E-state index in [1.807, 2.05) is 25.1 Å². The molecule has 0 atom stereocenters. The van der Waals surface area contributed by atoms with Crippen molar-refractivity contribution in [2.45, 2.75) is 33.1 Å². The standard InChI is InChI=1S/C20H27NO5/c1-6-8-16(22)26-18-14-10-9-13(21-11-7-2)12-15(14)17(23-3)19(24-4)20(18)25-5/h9-10,12,21H,6-8,11H2,1-5H3. The van der Waals surface area contributed by atoms with Gasteiger partial charge < -0.3 is 24.3 Å². The van der Waals surface area contributed by atoms with Crippen LogP contribution >= 0.6 is 0 Å². The van der Waals surface area contributed by atoms with E-state index in [0.29, 0.717) is 35.8 Å². The van der Waals surface area contributed by atoms with Gasteiger partial charge in [-0.25, -0.2) is 0 Å². The molecule has 2 rings (SSSR count). The lowest BCUT2D eigenvalue weighted by atomic mass is 10.1. The molecule has 0 fully saturated rings. The van der Waals surface area contributed by atoms with Crippen molar-refractivity contribution in [3.63, 3.8) is 0 Å². The van der Waals surface area contributed by atoms with Gasteiger partial charge in [0, 0.05) is 29.4 Å². The summed E-state index contributed by atoms with van der Waals surface area (Å²) in [5.74, 6) is 1.31. The number of esters is 1. The third-order valence-electron chi connectivity index (χ3n) is 3.99. The Morgan fingerprint density at radius 2 is 1.54 bits per heavy atom. The summed E-state index contributed by atoms with van der Waals surface area (Å²) in [5.41, 5.74) is 0.954. The lowest BCUT2D eigenvalue weighted by Gasteiger charge is -2.19. The van der Waals surface area contributed by atoms with E-state index in [1.54, 1.807) is 7.11 Å². The number of hydrogen-bond donors (Lipinski definition) is 1. The number of fused-ring (bicyclic) bond motifs is 1. The smallest absolute Gasteiger partial charge is 0.311 e. The first-order valence-corrected chi connectivity index (χ1v) is 8.81. The number of benzene rings is 2. The van der Waals surface area contributed by atoms with Crippen LogP contribution in [0, 0.1) is 0 Å². The summed E-state index contributed by atoms with van der Waals surface area (Å²) >= 11 is 0. The van der Waals surface area contributed by atoms with Crippen LogP contribution in [0.4, 0.5) is 5.69 Å². The van der Waals surface area contributed by atoms with Crippen LogP contribution in [0.15, 0.2) is 18.2 Å². The second-order valence-corrected chi connectivity index (χ2v) is 5.84. The molecule has 0 aliphatic rings. The molecule has 0 radical (unpaired) electrons. The molecule has 0 aliphatic carbocycles. The van der Waals surface area contributed by atoms with E-state index in [9.17, 15) is 4.79 Å². The highest BCUT2D eigenvalue weighted by atomic mass is 16.6. The Morgan fingerprint density at radius 1 is 0.885 bits per heavy atom. The molecule has 142 valence electrons. The molecular weight excluding hydrogens is 334 g/mol. The Morgan fingerprint density at radius 3 is 2.12 bits per heavy atom. The summed E-state index contributed by atoms with van der Waals surface area (Å²) in [6, 6.07) is 5.80. The number of anilines is 1. The van der Waals surface area contributed by atoms with Crippen LogP contribution in [-0.4, -0.2) is 33.8 Å². The second kappa shape index (κ2) is 9.17. The van der Waals surface area contributed by atoms with Crippen molar-refractivity contribution in [2.75, 3.05) is 33.2 Å². The number of rotatable bonds is 9. The molecule has 0 bridgehead atoms. The lowest BCUT2D eigenvalue weighted by molar-refractivity contribution is -0.134. The van der Waals surface area contributed by atoms with Crippen LogP contribution in [0.25, 0.3) is 10.8 Å². The Bertz CT molecular complexity index is 773. The van der Waals surface area contributed by atoms with Crippen LogP contribution in [0.2, 0.25) is 0 Å². The molecule has 0 unspecified atom stereocenters. The molecule has 1 N–H and O–H groups in total. The molecule has 0 amide bonds. The molecular formula is C20H27NO5. The van der Waals surface area contributed by atoms with Crippen LogP contribution in [0.1, 0.15) is 33.1 Å². The summed E-state index contributed by atoms with van der Waals surface area (Å²) in [6.45, 7) is 4.89. The molecule has 0 saturated heterocycles. The van der Waals surface area contributed by atoms with Crippen LogP contribution in [-0.2, 0) is 4.79 Å². The molecule has 0 aliphatic heterocycles. The second-order valence-electron chi connectivity index (χ2n) is 5.84. The highest BCUT2D eigenvalue weighted by molar-refractivity contribution is 6.01. The first-order valence-electron chi connectivity index (χ1n) is 8.81. The van der Waals surface area contributed by atoms with Gasteiger partial charge in [-0.15, -0.1) is 0 Å². The molecule has 2 aromatic carbocycles. The number of ether oxygens (including phenoxy) is 4. The fourth-order valence-electron chi connectivity index (χ4n) is 2.80. The molecule has 26 heavy (non-hydrogen) atoms. The third kappa shape index (κ3) is 3.95. The van der Waals surface area contributed by atoms with Gasteiger partial charge in [0.1, 0.15) is 0 Å². The van der Waals surface area contributed by atoms with Gasteiger partial charge in [0.05, 0.1) is 21.3 Å². The van der Waals surface area contributed by atoms with E-state index in [4.69, 9.17) is 18.9 Å². The quantitative estimate of drug-likeness (QED) is 0.528. The van der Waals surface area contributed by atoms with Gasteiger partial charge in [-0.05, 0) is 31.0 Å². The average Bonchev–Trinajstić information content (AvgIpc) is 2.65. The molecule has 6 heteroatoms. The van der Waals surface area contributed by atoms with Gasteiger partial charge in [0.2, 0.25) is 11.5 Å². The number of nitrogens with one attached hydrogen (secondary N) is 1. The van der Waals surface area contributed by atoms with Gasteiger partial charge in [0.25, 0.3) is 0 Å². The monoisotopic (exact) mass is 361 g/mol. The Balaban J connectivity index is 2.71. The van der Waals surface area contributed by atoms with Crippen LogP contribution < -0.4 is 24.3 Å². The predicted molar refractivity (Wildman–Crippen MR) is 103 cm³/mol. The van der Waals surface area contributed by atoms with Gasteiger partial charge in [-0.3, -0.25) is 4.79 Å². The van der Waals surface area contributed by atoms with Gasteiger partial charge in [-0.2, -0.15) is 0 Å².